The lowest BCUT2D eigenvalue weighted by molar-refractivity contribution is -0.144. The summed E-state index contributed by atoms with van der Waals surface area (Å²) in [6.45, 7) is 4.14. The third kappa shape index (κ3) is 2.31. The van der Waals surface area contributed by atoms with Gasteiger partial charge in [0.2, 0.25) is 0 Å². The number of carbonyl (C=O) groups excluding carboxylic acids is 1. The molecule has 88 valence electrons. The molecular weight excluding hydrogens is 212 g/mol. The van der Waals surface area contributed by atoms with E-state index in [1.807, 2.05) is 44.2 Å². The summed E-state index contributed by atoms with van der Waals surface area (Å²) in [4.78, 5) is 11.8. The Morgan fingerprint density at radius 1 is 1.18 bits per heavy atom. The number of benzene rings is 2. The van der Waals surface area contributed by atoms with Crippen molar-refractivity contribution in [1.29, 1.82) is 0 Å². The highest BCUT2D eigenvalue weighted by Gasteiger charge is 2.18. The SMILES string of the molecule is CCOC(=O)[C@@H](C)c1cccc2ccccc12. The summed E-state index contributed by atoms with van der Waals surface area (Å²) in [5.41, 5.74) is 1.03. The van der Waals surface area contributed by atoms with Crippen LogP contribution in [0.2, 0.25) is 0 Å². The molecule has 0 N–H and O–H groups in total. The molecule has 0 bridgehead atoms. The number of ether oxygens (including phenoxy) is 1. The Balaban J connectivity index is 2.44. The first kappa shape index (κ1) is 11.6. The van der Waals surface area contributed by atoms with Crippen LogP contribution in [-0.2, 0) is 9.53 Å². The van der Waals surface area contributed by atoms with E-state index in [0.29, 0.717) is 6.61 Å². The molecule has 1 atom stereocenters. The van der Waals surface area contributed by atoms with Gasteiger partial charge in [0.15, 0.2) is 0 Å². The second kappa shape index (κ2) is 5.00. The maximum absolute atomic E-state index is 11.8. The van der Waals surface area contributed by atoms with Crippen LogP contribution in [-0.4, -0.2) is 12.6 Å². The number of fused-ring (bicyclic) bond motifs is 1. The molecule has 0 aromatic heterocycles. The van der Waals surface area contributed by atoms with E-state index in [1.54, 1.807) is 0 Å². The van der Waals surface area contributed by atoms with E-state index in [4.69, 9.17) is 4.74 Å². The fourth-order valence-electron chi connectivity index (χ4n) is 2.02. The Morgan fingerprint density at radius 2 is 1.88 bits per heavy atom. The van der Waals surface area contributed by atoms with Gasteiger partial charge in [-0.2, -0.15) is 0 Å². The number of carbonyl (C=O) groups is 1. The molecule has 0 aliphatic rings. The van der Waals surface area contributed by atoms with Gasteiger partial charge in [-0.15, -0.1) is 0 Å². The van der Waals surface area contributed by atoms with Gasteiger partial charge in [-0.25, -0.2) is 0 Å². The smallest absolute Gasteiger partial charge is 0.313 e. The third-order valence-electron chi connectivity index (χ3n) is 2.93. The van der Waals surface area contributed by atoms with Crippen LogP contribution in [0.15, 0.2) is 42.5 Å². The summed E-state index contributed by atoms with van der Waals surface area (Å²) in [5.74, 6) is -0.384. The zero-order chi connectivity index (χ0) is 12.3. The standard InChI is InChI=1S/C15H16O2/c1-3-17-15(16)11(2)13-10-6-8-12-7-4-5-9-14(12)13/h4-11H,3H2,1-2H3/t11-/m0/s1. The van der Waals surface area contributed by atoms with Crippen molar-refractivity contribution in [1.82, 2.24) is 0 Å². The van der Waals surface area contributed by atoms with Gasteiger partial charge in [-0.05, 0) is 30.2 Å². The van der Waals surface area contributed by atoms with Crippen molar-refractivity contribution >= 4 is 16.7 Å². The molecule has 17 heavy (non-hydrogen) atoms. The molecule has 0 saturated heterocycles. The number of hydrogen-bond acceptors (Lipinski definition) is 2. The first-order valence-corrected chi connectivity index (χ1v) is 5.88. The second-order valence-corrected chi connectivity index (χ2v) is 4.04. The highest BCUT2D eigenvalue weighted by Crippen LogP contribution is 2.26. The topological polar surface area (TPSA) is 26.3 Å². The zero-order valence-electron chi connectivity index (χ0n) is 10.1. The summed E-state index contributed by atoms with van der Waals surface area (Å²) >= 11 is 0. The first-order chi connectivity index (χ1) is 8.24. The van der Waals surface area contributed by atoms with E-state index < -0.39 is 0 Å². The average Bonchev–Trinajstić information content (AvgIpc) is 2.37. The van der Waals surface area contributed by atoms with Crippen LogP contribution < -0.4 is 0 Å². The van der Waals surface area contributed by atoms with Gasteiger partial charge in [0.05, 0.1) is 12.5 Å². The van der Waals surface area contributed by atoms with E-state index >= 15 is 0 Å². The second-order valence-electron chi connectivity index (χ2n) is 4.04. The Labute approximate surface area is 101 Å². The van der Waals surface area contributed by atoms with Crippen LogP contribution in [0.5, 0.6) is 0 Å². The number of hydrogen-bond donors (Lipinski definition) is 0. The van der Waals surface area contributed by atoms with E-state index in [9.17, 15) is 4.79 Å². The average molecular weight is 228 g/mol. The largest absolute Gasteiger partial charge is 0.466 e. The van der Waals surface area contributed by atoms with E-state index in [-0.39, 0.29) is 11.9 Å². The van der Waals surface area contributed by atoms with E-state index in [2.05, 4.69) is 12.1 Å². The normalized spacial score (nSPS) is 12.4. The van der Waals surface area contributed by atoms with Gasteiger partial charge in [0.1, 0.15) is 0 Å². The quantitative estimate of drug-likeness (QED) is 0.751. The molecule has 0 fully saturated rings. The summed E-state index contributed by atoms with van der Waals surface area (Å²) in [6, 6.07) is 14.1. The Hall–Kier alpha value is -1.83. The lowest BCUT2D eigenvalue weighted by Gasteiger charge is -2.13. The summed E-state index contributed by atoms with van der Waals surface area (Å²) in [5, 5.41) is 2.27. The molecule has 2 heteroatoms. The molecule has 0 aliphatic carbocycles. The summed E-state index contributed by atoms with van der Waals surface area (Å²) in [7, 11) is 0. The van der Waals surface area contributed by atoms with Crippen molar-refractivity contribution in [2.75, 3.05) is 6.61 Å². The highest BCUT2D eigenvalue weighted by molar-refractivity contribution is 5.90. The fourth-order valence-corrected chi connectivity index (χ4v) is 2.02. The summed E-state index contributed by atoms with van der Waals surface area (Å²) < 4.78 is 5.07. The molecule has 0 radical (unpaired) electrons. The molecule has 0 unspecified atom stereocenters. The van der Waals surface area contributed by atoms with Crippen LogP contribution in [0.1, 0.15) is 25.3 Å². The van der Waals surface area contributed by atoms with Crippen LogP contribution in [0.25, 0.3) is 10.8 Å². The van der Waals surface area contributed by atoms with Crippen molar-refractivity contribution in [3.63, 3.8) is 0 Å². The molecule has 0 aliphatic heterocycles. The molecule has 2 aromatic carbocycles. The molecule has 0 heterocycles. The van der Waals surface area contributed by atoms with Crippen molar-refractivity contribution < 1.29 is 9.53 Å². The maximum Gasteiger partial charge on any atom is 0.313 e. The van der Waals surface area contributed by atoms with Gasteiger partial charge in [0, 0.05) is 0 Å². The predicted octanol–water partition coefficient (Wildman–Crippen LogP) is 3.51. The number of rotatable bonds is 3. The number of esters is 1. The molecular formula is C15H16O2. The Kier molecular flexibility index (Phi) is 3.43. The van der Waals surface area contributed by atoms with Crippen LogP contribution in [0.4, 0.5) is 0 Å². The molecule has 2 aromatic rings. The maximum atomic E-state index is 11.8. The van der Waals surface area contributed by atoms with Crippen molar-refractivity contribution in [2.45, 2.75) is 19.8 Å². The monoisotopic (exact) mass is 228 g/mol. The van der Waals surface area contributed by atoms with E-state index in [1.165, 1.54) is 0 Å². The highest BCUT2D eigenvalue weighted by atomic mass is 16.5. The van der Waals surface area contributed by atoms with Crippen molar-refractivity contribution in [2.24, 2.45) is 0 Å². The third-order valence-corrected chi connectivity index (χ3v) is 2.93. The zero-order valence-corrected chi connectivity index (χ0v) is 10.1. The van der Waals surface area contributed by atoms with Gasteiger partial charge in [-0.3, -0.25) is 4.79 Å². The van der Waals surface area contributed by atoms with Gasteiger partial charge in [0.25, 0.3) is 0 Å². The molecule has 0 saturated carbocycles. The lowest BCUT2D eigenvalue weighted by Crippen LogP contribution is -2.13. The minimum absolute atomic E-state index is 0.163. The Bertz CT molecular complexity index is 526. The first-order valence-electron chi connectivity index (χ1n) is 5.88. The fraction of sp³-hybridized carbons (Fsp3) is 0.267. The van der Waals surface area contributed by atoms with Crippen LogP contribution in [0.3, 0.4) is 0 Å². The molecule has 2 rings (SSSR count). The molecule has 0 amide bonds. The minimum Gasteiger partial charge on any atom is -0.466 e. The molecule has 0 spiro atoms. The minimum atomic E-state index is -0.221. The summed E-state index contributed by atoms with van der Waals surface area (Å²) in [6.07, 6.45) is 0. The Morgan fingerprint density at radius 3 is 2.65 bits per heavy atom. The van der Waals surface area contributed by atoms with Crippen molar-refractivity contribution in [3.8, 4) is 0 Å². The lowest BCUT2D eigenvalue weighted by atomic mass is 9.95. The van der Waals surface area contributed by atoms with Gasteiger partial charge >= 0.3 is 5.97 Å². The predicted molar refractivity (Wildman–Crippen MR) is 69.0 cm³/mol. The van der Waals surface area contributed by atoms with Crippen LogP contribution in [0, 0.1) is 0 Å². The van der Waals surface area contributed by atoms with Gasteiger partial charge in [-0.1, -0.05) is 42.5 Å². The van der Waals surface area contributed by atoms with Crippen molar-refractivity contribution in [3.05, 3.63) is 48.0 Å². The molecule has 2 nitrogen and oxygen atoms in total. The van der Waals surface area contributed by atoms with E-state index in [0.717, 1.165) is 16.3 Å². The van der Waals surface area contributed by atoms with Crippen LogP contribution >= 0.6 is 0 Å². The van der Waals surface area contributed by atoms with Gasteiger partial charge < -0.3 is 4.74 Å².